The number of guanidine groups is 1. The van der Waals surface area contributed by atoms with Crippen molar-refractivity contribution in [1.29, 1.82) is 0 Å². The molecule has 0 saturated heterocycles. The Bertz CT molecular complexity index is 562. The van der Waals surface area contributed by atoms with E-state index in [-0.39, 0.29) is 42.4 Å². The average Bonchev–Trinajstić information content (AvgIpc) is 3.35. The molecule has 0 atom stereocenters. The van der Waals surface area contributed by atoms with Gasteiger partial charge >= 0.3 is 0 Å². The molecule has 1 aliphatic carbocycles. The van der Waals surface area contributed by atoms with Gasteiger partial charge in [-0.1, -0.05) is 0 Å². The number of methoxy groups -OCH3 is 2. The smallest absolute Gasteiger partial charge is 0.241 e. The summed E-state index contributed by atoms with van der Waals surface area (Å²) in [5.41, 5.74) is 6.48. The van der Waals surface area contributed by atoms with Crippen LogP contribution in [0.15, 0.2) is 23.2 Å². The Labute approximate surface area is 153 Å². The molecule has 128 valence electrons. The molecule has 1 aromatic rings. The third kappa shape index (κ3) is 6.51. The molecule has 0 unspecified atom stereocenters. The zero-order valence-corrected chi connectivity index (χ0v) is 15.6. The lowest BCUT2D eigenvalue weighted by molar-refractivity contribution is -0.119. The number of benzene rings is 1. The van der Waals surface area contributed by atoms with Gasteiger partial charge in [-0.3, -0.25) is 4.79 Å². The van der Waals surface area contributed by atoms with Crippen LogP contribution >= 0.6 is 24.0 Å². The number of halogens is 1. The van der Waals surface area contributed by atoms with Crippen molar-refractivity contribution < 1.29 is 14.3 Å². The van der Waals surface area contributed by atoms with Gasteiger partial charge in [0.1, 0.15) is 6.54 Å². The Morgan fingerprint density at radius 3 is 2.61 bits per heavy atom. The van der Waals surface area contributed by atoms with Gasteiger partial charge in [0.05, 0.1) is 14.2 Å². The van der Waals surface area contributed by atoms with Crippen LogP contribution < -0.4 is 25.8 Å². The van der Waals surface area contributed by atoms with Crippen molar-refractivity contribution in [3.63, 3.8) is 0 Å². The molecule has 1 aromatic carbocycles. The Hall–Kier alpha value is -1.71. The molecule has 0 heterocycles. The third-order valence-electron chi connectivity index (χ3n) is 3.33. The lowest BCUT2D eigenvalue weighted by Crippen LogP contribution is -2.30. The molecule has 1 amide bonds. The van der Waals surface area contributed by atoms with Gasteiger partial charge in [-0.25, -0.2) is 4.99 Å². The number of carbonyl (C=O) groups is 1. The van der Waals surface area contributed by atoms with Crippen molar-refractivity contribution in [3.8, 4) is 11.5 Å². The fraction of sp³-hybridized carbons (Fsp3) is 0.467. The van der Waals surface area contributed by atoms with Gasteiger partial charge in [0.25, 0.3) is 0 Å². The zero-order valence-electron chi connectivity index (χ0n) is 13.3. The highest BCUT2D eigenvalue weighted by Crippen LogP contribution is 2.29. The van der Waals surface area contributed by atoms with Crippen molar-refractivity contribution in [1.82, 2.24) is 5.32 Å². The molecule has 0 bridgehead atoms. The van der Waals surface area contributed by atoms with E-state index in [4.69, 9.17) is 15.2 Å². The van der Waals surface area contributed by atoms with Crippen LogP contribution in [-0.2, 0) is 4.79 Å². The number of hydrogen-bond donors (Lipinski definition) is 3. The first-order valence-corrected chi connectivity index (χ1v) is 7.18. The minimum absolute atomic E-state index is 0. The van der Waals surface area contributed by atoms with E-state index in [0.717, 1.165) is 6.54 Å². The van der Waals surface area contributed by atoms with Gasteiger partial charge in [0.15, 0.2) is 17.5 Å². The average molecular weight is 434 g/mol. The molecule has 1 saturated carbocycles. The summed E-state index contributed by atoms with van der Waals surface area (Å²) < 4.78 is 10.4. The summed E-state index contributed by atoms with van der Waals surface area (Å²) in [5, 5.41) is 5.74. The Morgan fingerprint density at radius 1 is 1.30 bits per heavy atom. The Balaban J connectivity index is 0.00000264. The monoisotopic (exact) mass is 434 g/mol. The van der Waals surface area contributed by atoms with Crippen molar-refractivity contribution in [2.75, 3.05) is 32.6 Å². The van der Waals surface area contributed by atoms with E-state index < -0.39 is 0 Å². The van der Waals surface area contributed by atoms with Crippen LogP contribution in [0.2, 0.25) is 0 Å². The van der Waals surface area contributed by atoms with E-state index in [2.05, 4.69) is 15.6 Å². The first kappa shape index (κ1) is 19.3. The fourth-order valence-electron chi connectivity index (χ4n) is 1.89. The number of aliphatic imine (C=N–C) groups is 1. The third-order valence-corrected chi connectivity index (χ3v) is 3.33. The summed E-state index contributed by atoms with van der Waals surface area (Å²) in [7, 11) is 3.13. The maximum atomic E-state index is 11.6. The summed E-state index contributed by atoms with van der Waals surface area (Å²) in [6.07, 6.45) is 2.40. The standard InChI is InChI=1S/C15H22N4O3.HI/c1-21-12-6-5-11(7-13(12)22-2)19-15(16)18-9-14(20)17-8-10-3-4-10;/h5-7,10H,3-4,8-9H2,1-2H3,(H,17,20)(H3,16,18,19);1H. The molecular formula is C15H23IN4O3. The normalized spacial score (nSPS) is 13.7. The number of ether oxygens (including phenoxy) is 2. The van der Waals surface area contributed by atoms with E-state index in [1.807, 2.05) is 0 Å². The molecule has 8 heteroatoms. The summed E-state index contributed by atoms with van der Waals surface area (Å²) in [6.45, 7) is 0.746. The second kappa shape index (κ2) is 9.43. The first-order chi connectivity index (χ1) is 10.6. The van der Waals surface area contributed by atoms with Gasteiger partial charge in [0, 0.05) is 18.3 Å². The highest BCUT2D eigenvalue weighted by atomic mass is 127. The fourth-order valence-corrected chi connectivity index (χ4v) is 1.89. The molecule has 0 spiro atoms. The van der Waals surface area contributed by atoms with E-state index >= 15 is 0 Å². The summed E-state index contributed by atoms with van der Waals surface area (Å²) in [4.78, 5) is 15.6. The summed E-state index contributed by atoms with van der Waals surface area (Å²) in [6, 6.07) is 5.29. The largest absolute Gasteiger partial charge is 0.493 e. The van der Waals surface area contributed by atoms with Crippen molar-refractivity contribution in [3.05, 3.63) is 18.2 Å². The van der Waals surface area contributed by atoms with Gasteiger partial charge in [-0.05, 0) is 30.9 Å². The van der Waals surface area contributed by atoms with Crippen LogP contribution in [0.4, 0.5) is 5.69 Å². The molecule has 1 fully saturated rings. The number of nitrogens with two attached hydrogens (primary N) is 1. The van der Waals surface area contributed by atoms with Gasteiger partial charge in [0.2, 0.25) is 5.91 Å². The summed E-state index contributed by atoms with van der Waals surface area (Å²) in [5.74, 6) is 1.92. The number of hydrogen-bond acceptors (Lipinski definition) is 4. The molecule has 0 radical (unpaired) electrons. The number of anilines is 1. The first-order valence-electron chi connectivity index (χ1n) is 7.18. The molecule has 0 aromatic heterocycles. The number of nitrogens with zero attached hydrogens (tertiary/aromatic N) is 1. The molecule has 7 nitrogen and oxygen atoms in total. The van der Waals surface area contributed by atoms with Gasteiger partial charge < -0.3 is 25.8 Å². The predicted octanol–water partition coefficient (Wildman–Crippen LogP) is 1.57. The number of rotatable bonds is 7. The van der Waals surface area contributed by atoms with Crippen LogP contribution in [0.5, 0.6) is 11.5 Å². The topological polar surface area (TPSA) is 98.0 Å². The molecule has 23 heavy (non-hydrogen) atoms. The van der Waals surface area contributed by atoms with Crippen molar-refractivity contribution in [2.24, 2.45) is 16.6 Å². The van der Waals surface area contributed by atoms with E-state index in [1.54, 1.807) is 32.4 Å². The maximum absolute atomic E-state index is 11.6. The Morgan fingerprint density at radius 2 is 2.00 bits per heavy atom. The van der Waals surface area contributed by atoms with Gasteiger partial charge in [-0.2, -0.15) is 0 Å². The lowest BCUT2D eigenvalue weighted by Gasteiger charge is -2.11. The predicted molar refractivity (Wildman–Crippen MR) is 101 cm³/mol. The molecule has 0 aliphatic heterocycles. The number of nitrogens with one attached hydrogen (secondary N) is 2. The lowest BCUT2D eigenvalue weighted by atomic mass is 10.3. The highest BCUT2D eigenvalue weighted by Gasteiger charge is 2.21. The number of carbonyl (C=O) groups excluding carboxylic acids is 1. The second-order valence-electron chi connectivity index (χ2n) is 5.14. The summed E-state index contributed by atoms with van der Waals surface area (Å²) >= 11 is 0. The molecular weight excluding hydrogens is 411 g/mol. The molecule has 2 rings (SSSR count). The SMILES string of the molecule is COc1ccc(NC(N)=NCC(=O)NCC2CC2)cc1OC.I. The van der Waals surface area contributed by atoms with Crippen LogP contribution in [0.25, 0.3) is 0 Å². The Kier molecular flexibility index (Phi) is 7.93. The van der Waals surface area contributed by atoms with Crippen LogP contribution in [0.1, 0.15) is 12.8 Å². The minimum Gasteiger partial charge on any atom is -0.493 e. The zero-order chi connectivity index (χ0) is 15.9. The van der Waals surface area contributed by atoms with Crippen molar-refractivity contribution in [2.45, 2.75) is 12.8 Å². The van der Waals surface area contributed by atoms with Crippen molar-refractivity contribution >= 4 is 41.5 Å². The van der Waals surface area contributed by atoms with E-state index in [9.17, 15) is 4.79 Å². The van der Waals surface area contributed by atoms with E-state index in [1.165, 1.54) is 12.8 Å². The van der Waals surface area contributed by atoms with Crippen LogP contribution in [0, 0.1) is 5.92 Å². The highest BCUT2D eigenvalue weighted by molar-refractivity contribution is 14.0. The van der Waals surface area contributed by atoms with Crippen LogP contribution in [0.3, 0.4) is 0 Å². The maximum Gasteiger partial charge on any atom is 0.241 e. The second-order valence-corrected chi connectivity index (χ2v) is 5.14. The molecule has 4 N–H and O–H groups in total. The minimum atomic E-state index is -0.121. The van der Waals surface area contributed by atoms with Crippen LogP contribution in [-0.4, -0.2) is 39.2 Å². The number of amides is 1. The molecule has 1 aliphatic rings. The quantitative estimate of drug-likeness (QED) is 0.344. The van der Waals surface area contributed by atoms with Gasteiger partial charge in [-0.15, -0.1) is 24.0 Å². The van der Waals surface area contributed by atoms with E-state index in [0.29, 0.717) is 23.1 Å².